The number of hydrogen-bond acceptors (Lipinski definition) is 8. The quantitative estimate of drug-likeness (QED) is 0.165. The molecule has 15 heteroatoms. The number of thiophene rings is 1. The van der Waals surface area contributed by atoms with Crippen molar-refractivity contribution in [3.63, 3.8) is 0 Å². The molecular formula is C29H31ClFN6O5PS. The minimum absolute atomic E-state index is 0.0635. The number of ether oxygens (including phenoxy) is 1. The smallest absolute Gasteiger partial charge is 0.473 e. The lowest BCUT2D eigenvalue weighted by Crippen LogP contribution is -2.33. The molecule has 0 amide bonds. The summed E-state index contributed by atoms with van der Waals surface area (Å²) >= 11 is 6.96. The van der Waals surface area contributed by atoms with Crippen LogP contribution < -0.4 is 9.26 Å². The van der Waals surface area contributed by atoms with Gasteiger partial charge in [-0.1, -0.05) is 35.1 Å². The third-order valence-electron chi connectivity index (χ3n) is 7.68. The molecule has 1 fully saturated rings. The van der Waals surface area contributed by atoms with Crippen molar-refractivity contribution in [2.45, 2.75) is 51.9 Å². The first-order chi connectivity index (χ1) is 21.1. The van der Waals surface area contributed by atoms with Gasteiger partial charge in [-0.3, -0.25) is 14.7 Å². The highest BCUT2D eigenvalue weighted by Crippen LogP contribution is 2.43. The molecule has 0 bridgehead atoms. The highest BCUT2D eigenvalue weighted by atomic mass is 35.5. The second-order valence-electron chi connectivity index (χ2n) is 10.6. The number of rotatable bonds is 11. The van der Waals surface area contributed by atoms with Crippen LogP contribution in [0.2, 0.25) is 5.02 Å². The lowest BCUT2D eigenvalue weighted by Gasteiger charge is -2.31. The molecule has 2 N–H and O–H groups in total. The molecule has 11 nitrogen and oxygen atoms in total. The van der Waals surface area contributed by atoms with E-state index in [-0.39, 0.29) is 17.6 Å². The molecule has 0 saturated carbocycles. The van der Waals surface area contributed by atoms with Crippen molar-refractivity contribution in [2.75, 3.05) is 13.1 Å². The van der Waals surface area contributed by atoms with Gasteiger partial charge in [0.1, 0.15) is 23.1 Å². The van der Waals surface area contributed by atoms with Crippen molar-refractivity contribution < 1.29 is 28.0 Å². The fraction of sp³-hybridized carbons (Fsp3) is 0.345. The monoisotopic (exact) mass is 660 g/mol. The van der Waals surface area contributed by atoms with E-state index in [2.05, 4.69) is 19.0 Å². The van der Waals surface area contributed by atoms with Crippen molar-refractivity contribution in [1.29, 1.82) is 0 Å². The van der Waals surface area contributed by atoms with Crippen molar-refractivity contribution in [3.05, 3.63) is 88.6 Å². The fourth-order valence-corrected chi connectivity index (χ4v) is 7.11. The Morgan fingerprint density at radius 3 is 2.70 bits per heavy atom. The van der Waals surface area contributed by atoms with Crippen molar-refractivity contribution in [2.24, 2.45) is 0 Å². The number of nitrogens with zero attached hydrogens (tertiary/aromatic N) is 6. The number of aryl methyl sites for hydroxylation is 1. The lowest BCUT2D eigenvalue weighted by molar-refractivity contribution is 0.196. The SMILES string of the molecule is CCn1cncc1Cn1c(CN2CCC(c3cccc(OCc4ccc(Cl)cc4F)n3)CC2)nc2sc(OP(=O)(O)O)cc21. The largest absolute Gasteiger partial charge is 0.525 e. The Bertz CT molecular complexity index is 1810. The molecule has 0 radical (unpaired) electrons. The van der Waals surface area contributed by atoms with Crippen LogP contribution in [0.3, 0.4) is 0 Å². The third kappa shape index (κ3) is 7.14. The highest BCUT2D eigenvalue weighted by molar-refractivity contribution is 7.47. The number of phosphoric ester groups is 1. The lowest BCUT2D eigenvalue weighted by atomic mass is 9.93. The molecule has 0 atom stereocenters. The number of phosphoric acid groups is 1. The summed E-state index contributed by atoms with van der Waals surface area (Å²) < 4.78 is 40.3. The summed E-state index contributed by atoms with van der Waals surface area (Å²) in [6, 6.07) is 11.8. The molecule has 44 heavy (non-hydrogen) atoms. The van der Waals surface area contributed by atoms with Crippen molar-refractivity contribution in [3.8, 4) is 10.9 Å². The van der Waals surface area contributed by atoms with E-state index in [1.807, 2.05) is 25.3 Å². The van der Waals surface area contributed by atoms with Crippen LogP contribution >= 0.6 is 30.8 Å². The molecule has 1 aliphatic rings. The van der Waals surface area contributed by atoms with Crippen LogP contribution in [0.1, 0.15) is 48.5 Å². The Kier molecular flexibility index (Phi) is 9.04. The topological polar surface area (TPSA) is 128 Å². The highest BCUT2D eigenvalue weighted by Gasteiger charge is 2.26. The van der Waals surface area contributed by atoms with Gasteiger partial charge < -0.3 is 18.4 Å². The van der Waals surface area contributed by atoms with Gasteiger partial charge >= 0.3 is 7.82 Å². The molecule has 1 aromatic carbocycles. The molecule has 5 heterocycles. The molecule has 0 spiro atoms. The van der Waals surface area contributed by atoms with E-state index in [1.165, 1.54) is 6.07 Å². The zero-order chi connectivity index (χ0) is 30.8. The van der Waals surface area contributed by atoms with Crippen molar-refractivity contribution in [1.82, 2.24) is 29.0 Å². The maximum Gasteiger partial charge on any atom is 0.525 e. The van der Waals surface area contributed by atoms with Gasteiger partial charge in [-0.25, -0.2) is 23.9 Å². The molecule has 232 valence electrons. The number of pyridine rings is 1. The summed E-state index contributed by atoms with van der Waals surface area (Å²) in [6.45, 7) is 5.69. The number of aromatic nitrogens is 5. The fourth-order valence-electron chi connectivity index (χ4n) is 5.44. The van der Waals surface area contributed by atoms with Gasteiger partial charge in [0.05, 0.1) is 30.6 Å². The number of hydrogen-bond donors (Lipinski definition) is 2. The van der Waals surface area contributed by atoms with Crippen LogP contribution in [0.15, 0.2) is 55.0 Å². The van der Waals surface area contributed by atoms with Gasteiger partial charge in [-0.2, -0.15) is 0 Å². The summed E-state index contributed by atoms with van der Waals surface area (Å²) in [5.41, 5.74) is 3.12. The van der Waals surface area contributed by atoms with Gasteiger partial charge in [0.15, 0.2) is 5.06 Å². The Balaban J connectivity index is 1.13. The average Bonchev–Trinajstić information content (AvgIpc) is 3.68. The van der Waals surface area contributed by atoms with E-state index in [4.69, 9.17) is 30.8 Å². The second kappa shape index (κ2) is 13.0. The molecule has 6 rings (SSSR count). The van der Waals surface area contributed by atoms with Crippen LogP contribution in [0.5, 0.6) is 10.9 Å². The van der Waals surface area contributed by atoms with E-state index < -0.39 is 13.6 Å². The Morgan fingerprint density at radius 2 is 1.95 bits per heavy atom. The second-order valence-corrected chi connectivity index (χ2v) is 13.2. The summed E-state index contributed by atoms with van der Waals surface area (Å²) in [5, 5.41) is 0.463. The summed E-state index contributed by atoms with van der Waals surface area (Å²) in [4.78, 5) is 35.4. The Labute approximate surface area is 262 Å². The normalized spacial score (nSPS) is 14.8. The van der Waals surface area contributed by atoms with Crippen LogP contribution in [0.25, 0.3) is 10.3 Å². The average molecular weight is 661 g/mol. The number of imidazole rings is 2. The third-order valence-corrected chi connectivity index (χ3v) is 9.37. The summed E-state index contributed by atoms with van der Waals surface area (Å²) in [6.07, 6.45) is 5.41. The molecule has 1 saturated heterocycles. The standard InChI is InChI=1S/C29H31ClFN6O5PS/c1-2-36-18-32-14-22(36)15-37-25-13-28(42-43(38,39)40)44-29(25)34-26(37)16-35-10-8-19(9-11-35)24-4-3-5-27(33-24)41-17-20-6-7-21(30)12-23(20)31/h3-7,12-14,18-19H,2,8-11,15-17H2,1H3,(H2,38,39,40). The van der Waals surface area contributed by atoms with E-state index in [0.29, 0.717) is 34.4 Å². The van der Waals surface area contributed by atoms with Crippen LogP contribution in [-0.4, -0.2) is 51.9 Å². The van der Waals surface area contributed by atoms with Crippen LogP contribution in [0.4, 0.5) is 4.39 Å². The van der Waals surface area contributed by atoms with E-state index >= 15 is 0 Å². The van der Waals surface area contributed by atoms with Gasteiger partial charge in [0.25, 0.3) is 0 Å². The molecule has 1 aliphatic heterocycles. The molecule has 5 aromatic rings. The first-order valence-corrected chi connectivity index (χ1v) is 16.9. The van der Waals surface area contributed by atoms with E-state index in [9.17, 15) is 18.7 Å². The first kappa shape index (κ1) is 30.7. The number of likely N-dealkylation sites (tertiary alicyclic amines) is 1. The number of benzene rings is 1. The van der Waals surface area contributed by atoms with Crippen LogP contribution in [-0.2, 0) is 30.8 Å². The molecule has 4 aromatic heterocycles. The Hall–Kier alpha value is -3.32. The maximum absolute atomic E-state index is 14.2. The minimum Gasteiger partial charge on any atom is -0.473 e. The predicted octanol–water partition coefficient (Wildman–Crippen LogP) is 5.98. The maximum atomic E-state index is 14.2. The molecule has 0 aliphatic carbocycles. The van der Waals surface area contributed by atoms with Crippen molar-refractivity contribution >= 4 is 41.1 Å². The van der Waals surface area contributed by atoms with Gasteiger partial charge in [0.2, 0.25) is 5.88 Å². The number of fused-ring (bicyclic) bond motifs is 1. The number of halogens is 2. The minimum atomic E-state index is -4.68. The molecular weight excluding hydrogens is 630 g/mol. The zero-order valence-corrected chi connectivity index (χ0v) is 26.3. The number of piperidine rings is 1. The zero-order valence-electron chi connectivity index (χ0n) is 23.8. The molecule has 0 unspecified atom stereocenters. The van der Waals surface area contributed by atoms with E-state index in [1.54, 1.807) is 30.6 Å². The van der Waals surface area contributed by atoms with Gasteiger partial charge in [-0.15, -0.1) is 0 Å². The van der Waals surface area contributed by atoms with Gasteiger partial charge in [0, 0.05) is 47.1 Å². The Morgan fingerprint density at radius 1 is 1.14 bits per heavy atom. The van der Waals surface area contributed by atoms with Crippen LogP contribution in [0, 0.1) is 5.82 Å². The summed E-state index contributed by atoms with van der Waals surface area (Å²) in [7, 11) is -4.68. The predicted molar refractivity (Wildman–Crippen MR) is 165 cm³/mol. The van der Waals surface area contributed by atoms with Gasteiger partial charge in [-0.05, 0) is 51.1 Å². The first-order valence-electron chi connectivity index (χ1n) is 14.1. The summed E-state index contributed by atoms with van der Waals surface area (Å²) in [5.74, 6) is 1.16. The van der Waals surface area contributed by atoms with E-state index in [0.717, 1.165) is 66.5 Å².